The molecular formula is C14H15F6NO. The molecule has 2 rings (SSSR count). The molecule has 1 heterocycles. The normalized spacial score (nSPS) is 20.0. The van der Waals surface area contributed by atoms with E-state index in [-0.39, 0.29) is 17.4 Å². The van der Waals surface area contributed by atoms with Crippen LogP contribution in [0.5, 0.6) is 5.75 Å². The van der Waals surface area contributed by atoms with E-state index in [1.807, 2.05) is 0 Å². The summed E-state index contributed by atoms with van der Waals surface area (Å²) in [5.74, 6) is -0.387. The molecule has 0 unspecified atom stereocenters. The van der Waals surface area contributed by atoms with E-state index in [4.69, 9.17) is 4.74 Å². The van der Waals surface area contributed by atoms with E-state index in [1.54, 1.807) is 0 Å². The zero-order valence-corrected chi connectivity index (χ0v) is 11.7. The smallest absolute Gasteiger partial charge is 0.416 e. The van der Waals surface area contributed by atoms with Gasteiger partial charge < -0.3 is 10.1 Å². The van der Waals surface area contributed by atoms with Crippen LogP contribution in [0.2, 0.25) is 0 Å². The van der Waals surface area contributed by atoms with E-state index in [2.05, 4.69) is 5.32 Å². The molecule has 0 aromatic heterocycles. The first-order chi connectivity index (χ1) is 10.1. The first kappa shape index (κ1) is 16.9. The molecule has 0 bridgehead atoms. The summed E-state index contributed by atoms with van der Waals surface area (Å²) in [6.07, 6.45) is -7.81. The molecule has 1 fully saturated rings. The maximum absolute atomic E-state index is 13.2. The van der Waals surface area contributed by atoms with Crippen molar-refractivity contribution in [1.82, 2.24) is 5.32 Å². The van der Waals surface area contributed by atoms with Crippen LogP contribution in [0.25, 0.3) is 0 Å². The standard InChI is InChI=1S/C14H15F6NO/c1-22-11-7-8(13(15,16)17)6-9(14(18,19)20)12(11)10-4-2-3-5-21-10/h6-7,10,21H,2-5H2,1H3/t10-/m1/s1. The van der Waals surface area contributed by atoms with Crippen molar-refractivity contribution in [2.24, 2.45) is 0 Å². The van der Waals surface area contributed by atoms with Crippen molar-refractivity contribution in [2.75, 3.05) is 13.7 Å². The number of benzene rings is 1. The Labute approximate surface area is 123 Å². The lowest BCUT2D eigenvalue weighted by Crippen LogP contribution is -2.29. The van der Waals surface area contributed by atoms with Crippen LogP contribution in [0.15, 0.2) is 12.1 Å². The van der Waals surface area contributed by atoms with Gasteiger partial charge in [0, 0.05) is 11.6 Å². The monoisotopic (exact) mass is 327 g/mol. The van der Waals surface area contributed by atoms with Crippen LogP contribution in [-0.2, 0) is 12.4 Å². The quantitative estimate of drug-likeness (QED) is 0.805. The molecule has 0 aliphatic carbocycles. The van der Waals surface area contributed by atoms with Gasteiger partial charge in [0.15, 0.2) is 0 Å². The summed E-state index contributed by atoms with van der Waals surface area (Å²) in [6.45, 7) is 0.520. The van der Waals surface area contributed by atoms with Gasteiger partial charge in [-0.25, -0.2) is 0 Å². The molecule has 0 amide bonds. The van der Waals surface area contributed by atoms with Gasteiger partial charge in [0.25, 0.3) is 0 Å². The van der Waals surface area contributed by atoms with E-state index in [1.165, 1.54) is 0 Å². The summed E-state index contributed by atoms with van der Waals surface area (Å²) in [6, 6.07) is 0.122. The van der Waals surface area contributed by atoms with Gasteiger partial charge in [0.2, 0.25) is 0 Å². The van der Waals surface area contributed by atoms with Crippen LogP contribution in [0.3, 0.4) is 0 Å². The molecule has 22 heavy (non-hydrogen) atoms. The Hall–Kier alpha value is -1.44. The van der Waals surface area contributed by atoms with Gasteiger partial charge in [0.05, 0.1) is 18.2 Å². The molecule has 1 atom stereocenters. The Bertz CT molecular complexity index is 531. The van der Waals surface area contributed by atoms with E-state index in [9.17, 15) is 26.3 Å². The molecule has 0 spiro atoms. The second kappa shape index (κ2) is 5.98. The van der Waals surface area contributed by atoms with E-state index < -0.39 is 29.5 Å². The number of ether oxygens (including phenoxy) is 1. The number of hydrogen-bond donors (Lipinski definition) is 1. The van der Waals surface area contributed by atoms with E-state index >= 15 is 0 Å². The highest BCUT2D eigenvalue weighted by molar-refractivity contribution is 5.48. The number of piperidine rings is 1. The molecule has 0 saturated carbocycles. The molecule has 1 aromatic carbocycles. The van der Waals surface area contributed by atoms with Gasteiger partial charge in [-0.15, -0.1) is 0 Å². The Morgan fingerprint density at radius 3 is 2.18 bits per heavy atom. The van der Waals surface area contributed by atoms with Crippen LogP contribution in [0.4, 0.5) is 26.3 Å². The minimum atomic E-state index is -4.89. The third-order valence-corrected chi connectivity index (χ3v) is 3.65. The molecule has 1 N–H and O–H groups in total. The Kier molecular flexibility index (Phi) is 4.60. The number of methoxy groups -OCH3 is 1. The Morgan fingerprint density at radius 1 is 1.05 bits per heavy atom. The van der Waals surface area contributed by atoms with Gasteiger partial charge in [-0.2, -0.15) is 26.3 Å². The van der Waals surface area contributed by atoms with Crippen LogP contribution in [0.1, 0.15) is 42.0 Å². The fourth-order valence-corrected chi connectivity index (χ4v) is 2.65. The second-order valence-corrected chi connectivity index (χ2v) is 5.14. The third kappa shape index (κ3) is 3.48. The van der Waals surface area contributed by atoms with Crippen molar-refractivity contribution in [3.8, 4) is 5.75 Å². The predicted octanol–water partition coefficient (Wildman–Crippen LogP) is 4.55. The highest BCUT2D eigenvalue weighted by atomic mass is 19.4. The van der Waals surface area contributed by atoms with Gasteiger partial charge >= 0.3 is 12.4 Å². The lowest BCUT2D eigenvalue weighted by molar-refractivity contribution is -0.143. The van der Waals surface area contributed by atoms with Crippen LogP contribution in [-0.4, -0.2) is 13.7 Å². The van der Waals surface area contributed by atoms with Crippen molar-refractivity contribution in [3.05, 3.63) is 28.8 Å². The van der Waals surface area contributed by atoms with Crippen molar-refractivity contribution in [2.45, 2.75) is 37.7 Å². The molecule has 1 saturated heterocycles. The first-order valence-corrected chi connectivity index (χ1v) is 6.74. The van der Waals surface area contributed by atoms with Gasteiger partial charge in [-0.3, -0.25) is 0 Å². The maximum atomic E-state index is 13.2. The van der Waals surface area contributed by atoms with Crippen molar-refractivity contribution < 1.29 is 31.1 Å². The minimum absolute atomic E-state index is 0.161. The number of halogens is 6. The van der Waals surface area contributed by atoms with Crippen molar-refractivity contribution >= 4 is 0 Å². The van der Waals surface area contributed by atoms with Crippen LogP contribution >= 0.6 is 0 Å². The fraction of sp³-hybridized carbons (Fsp3) is 0.571. The highest BCUT2D eigenvalue weighted by Crippen LogP contribution is 2.44. The average molecular weight is 327 g/mol. The lowest BCUT2D eigenvalue weighted by atomic mass is 9.91. The van der Waals surface area contributed by atoms with E-state index in [0.717, 1.165) is 13.5 Å². The van der Waals surface area contributed by atoms with Crippen molar-refractivity contribution in [1.29, 1.82) is 0 Å². The molecular weight excluding hydrogens is 312 g/mol. The van der Waals surface area contributed by atoms with Crippen LogP contribution in [0, 0.1) is 0 Å². The van der Waals surface area contributed by atoms with Gasteiger partial charge in [-0.1, -0.05) is 6.42 Å². The summed E-state index contributed by atoms with van der Waals surface area (Å²) in [5.41, 5.74) is -2.91. The molecule has 1 aromatic rings. The molecule has 1 aliphatic rings. The Morgan fingerprint density at radius 2 is 1.73 bits per heavy atom. The molecule has 2 nitrogen and oxygen atoms in total. The van der Waals surface area contributed by atoms with Gasteiger partial charge in [0.1, 0.15) is 5.75 Å². The summed E-state index contributed by atoms with van der Waals surface area (Å²) in [4.78, 5) is 0. The fourth-order valence-electron chi connectivity index (χ4n) is 2.65. The van der Waals surface area contributed by atoms with E-state index in [0.29, 0.717) is 25.5 Å². The highest BCUT2D eigenvalue weighted by Gasteiger charge is 2.41. The number of alkyl halides is 6. The van der Waals surface area contributed by atoms with Crippen LogP contribution < -0.4 is 10.1 Å². The molecule has 124 valence electrons. The lowest BCUT2D eigenvalue weighted by Gasteiger charge is -2.29. The largest absolute Gasteiger partial charge is 0.496 e. The number of hydrogen-bond acceptors (Lipinski definition) is 2. The van der Waals surface area contributed by atoms with Crippen molar-refractivity contribution in [3.63, 3.8) is 0 Å². The topological polar surface area (TPSA) is 21.3 Å². The molecule has 0 radical (unpaired) electrons. The van der Waals surface area contributed by atoms with Gasteiger partial charge in [-0.05, 0) is 31.5 Å². The number of nitrogens with one attached hydrogen (secondary N) is 1. The predicted molar refractivity (Wildman–Crippen MR) is 67.6 cm³/mol. The zero-order valence-electron chi connectivity index (χ0n) is 11.7. The SMILES string of the molecule is COc1cc(C(F)(F)F)cc(C(F)(F)F)c1[C@H]1CCCCN1. The summed E-state index contributed by atoms with van der Waals surface area (Å²) < 4.78 is 83.0. The summed E-state index contributed by atoms with van der Waals surface area (Å²) in [5, 5.41) is 2.92. The average Bonchev–Trinajstić information content (AvgIpc) is 2.44. The zero-order chi connectivity index (χ0) is 16.5. The minimum Gasteiger partial charge on any atom is -0.496 e. The molecule has 1 aliphatic heterocycles. The third-order valence-electron chi connectivity index (χ3n) is 3.65. The summed E-state index contributed by atoms with van der Waals surface area (Å²) >= 11 is 0. The Balaban J connectivity index is 2.63. The summed E-state index contributed by atoms with van der Waals surface area (Å²) in [7, 11) is 1.07. The molecule has 8 heteroatoms. The number of rotatable bonds is 2. The first-order valence-electron chi connectivity index (χ1n) is 6.74. The second-order valence-electron chi connectivity index (χ2n) is 5.14. The maximum Gasteiger partial charge on any atom is 0.416 e.